The maximum atomic E-state index is 5.87. The zero-order valence-corrected chi connectivity index (χ0v) is 18.8. The van der Waals surface area contributed by atoms with Gasteiger partial charge in [0.1, 0.15) is 12.4 Å². The fourth-order valence-electron chi connectivity index (χ4n) is 2.76. The van der Waals surface area contributed by atoms with Crippen LogP contribution in [-0.2, 0) is 9.47 Å². The average Bonchev–Trinajstić information content (AvgIpc) is 2.64. The number of guanidine groups is 1. The minimum Gasteiger partial charge on any atom is -0.492 e. The van der Waals surface area contributed by atoms with Crippen molar-refractivity contribution in [3.05, 3.63) is 29.3 Å². The predicted octanol–water partition coefficient (Wildman–Crippen LogP) is 3.04. The summed E-state index contributed by atoms with van der Waals surface area (Å²) >= 11 is 5.87. The number of aliphatic imine (C=N–C) groups is 1. The third kappa shape index (κ3) is 7.09. The van der Waals surface area contributed by atoms with Gasteiger partial charge in [-0.25, -0.2) is 0 Å². The molecular weight excluding hydrogens is 469 g/mol. The minimum absolute atomic E-state index is 0. The number of rotatable bonds is 7. The molecule has 1 aliphatic rings. The van der Waals surface area contributed by atoms with E-state index in [2.05, 4.69) is 10.3 Å². The molecule has 1 N–H and O–H groups in total. The van der Waals surface area contributed by atoms with E-state index in [-0.39, 0.29) is 29.6 Å². The third-order valence-electron chi connectivity index (χ3n) is 4.49. The highest BCUT2D eigenvalue weighted by Crippen LogP contribution is 2.23. The van der Waals surface area contributed by atoms with E-state index in [1.165, 1.54) is 0 Å². The van der Waals surface area contributed by atoms with Gasteiger partial charge in [-0.15, -0.1) is 24.0 Å². The Morgan fingerprint density at radius 1 is 1.31 bits per heavy atom. The Morgan fingerprint density at radius 3 is 2.54 bits per heavy atom. The summed E-state index contributed by atoms with van der Waals surface area (Å²) in [6.07, 6.45) is 1.77. The van der Waals surface area contributed by atoms with E-state index in [1.807, 2.05) is 36.2 Å². The van der Waals surface area contributed by atoms with Crippen molar-refractivity contribution < 1.29 is 14.2 Å². The second kappa shape index (κ2) is 11.8. The van der Waals surface area contributed by atoms with Crippen LogP contribution in [0.15, 0.2) is 29.3 Å². The van der Waals surface area contributed by atoms with Gasteiger partial charge in [0, 0.05) is 58.8 Å². The van der Waals surface area contributed by atoms with Gasteiger partial charge < -0.3 is 24.4 Å². The molecule has 0 radical (unpaired) electrons. The Balaban J connectivity index is 0.00000338. The zero-order chi connectivity index (χ0) is 18.1. The first-order valence-electron chi connectivity index (χ1n) is 8.51. The van der Waals surface area contributed by atoms with Crippen LogP contribution < -0.4 is 10.1 Å². The molecule has 8 heteroatoms. The largest absolute Gasteiger partial charge is 0.492 e. The second-order valence-electron chi connectivity index (χ2n) is 6.12. The molecule has 1 aliphatic heterocycles. The normalized spacial score (nSPS) is 16.5. The Bertz CT molecular complexity index is 551. The van der Waals surface area contributed by atoms with E-state index in [0.717, 1.165) is 37.8 Å². The van der Waals surface area contributed by atoms with Crippen molar-refractivity contribution in [2.45, 2.75) is 18.4 Å². The smallest absolute Gasteiger partial charge is 0.193 e. The molecule has 2 rings (SSSR count). The van der Waals surface area contributed by atoms with Crippen LogP contribution in [0.4, 0.5) is 0 Å². The van der Waals surface area contributed by atoms with Crippen molar-refractivity contribution in [2.75, 3.05) is 54.1 Å². The lowest BCUT2D eigenvalue weighted by Gasteiger charge is -2.37. The molecule has 6 nitrogen and oxygen atoms in total. The Hall–Kier alpha value is -0.770. The second-order valence-corrected chi connectivity index (χ2v) is 6.56. The zero-order valence-electron chi connectivity index (χ0n) is 15.7. The average molecular weight is 498 g/mol. The molecule has 1 aromatic rings. The number of hydrogen-bond donors (Lipinski definition) is 1. The van der Waals surface area contributed by atoms with Gasteiger partial charge in [0.25, 0.3) is 0 Å². The van der Waals surface area contributed by atoms with Gasteiger partial charge >= 0.3 is 0 Å². The van der Waals surface area contributed by atoms with E-state index in [4.69, 9.17) is 25.8 Å². The van der Waals surface area contributed by atoms with Crippen molar-refractivity contribution in [1.82, 2.24) is 10.2 Å². The molecule has 0 bridgehead atoms. The van der Waals surface area contributed by atoms with E-state index >= 15 is 0 Å². The van der Waals surface area contributed by atoms with Crippen LogP contribution in [0.5, 0.6) is 5.75 Å². The van der Waals surface area contributed by atoms with Crippen LogP contribution in [0.3, 0.4) is 0 Å². The first-order chi connectivity index (χ1) is 12.1. The summed E-state index contributed by atoms with van der Waals surface area (Å²) in [5.74, 6) is 1.63. The molecule has 1 saturated heterocycles. The molecule has 0 aliphatic carbocycles. The van der Waals surface area contributed by atoms with Crippen LogP contribution in [-0.4, -0.2) is 70.6 Å². The van der Waals surface area contributed by atoms with E-state index in [0.29, 0.717) is 24.7 Å². The molecular formula is C18H29ClIN3O3. The number of benzene rings is 1. The fraction of sp³-hybridized carbons (Fsp3) is 0.611. The summed E-state index contributed by atoms with van der Waals surface area (Å²) in [6.45, 7) is 3.45. The predicted molar refractivity (Wildman–Crippen MR) is 116 cm³/mol. The molecule has 1 fully saturated rings. The molecule has 26 heavy (non-hydrogen) atoms. The monoisotopic (exact) mass is 497 g/mol. The maximum absolute atomic E-state index is 5.87. The summed E-state index contributed by atoms with van der Waals surface area (Å²) in [7, 11) is 5.53. The van der Waals surface area contributed by atoms with Crippen LogP contribution in [0.1, 0.15) is 12.8 Å². The topological polar surface area (TPSA) is 55.3 Å². The van der Waals surface area contributed by atoms with Gasteiger partial charge in [-0.2, -0.15) is 0 Å². The summed E-state index contributed by atoms with van der Waals surface area (Å²) in [5.41, 5.74) is -0.186. The van der Waals surface area contributed by atoms with Crippen molar-refractivity contribution in [3.63, 3.8) is 0 Å². The maximum Gasteiger partial charge on any atom is 0.193 e. The molecule has 0 amide bonds. The van der Waals surface area contributed by atoms with Crippen LogP contribution in [0.2, 0.25) is 5.02 Å². The van der Waals surface area contributed by atoms with Gasteiger partial charge in [-0.1, -0.05) is 11.6 Å². The van der Waals surface area contributed by atoms with Crippen LogP contribution in [0, 0.1) is 0 Å². The van der Waals surface area contributed by atoms with Crippen molar-refractivity contribution in [3.8, 4) is 5.75 Å². The van der Waals surface area contributed by atoms with E-state index in [1.54, 1.807) is 14.2 Å². The minimum atomic E-state index is -0.186. The molecule has 148 valence electrons. The Morgan fingerprint density at radius 2 is 1.96 bits per heavy atom. The van der Waals surface area contributed by atoms with E-state index in [9.17, 15) is 0 Å². The number of methoxy groups -OCH3 is 1. The SMILES string of the molecule is CN=C(NCC1(OC)CCOCC1)N(C)CCOc1ccc(Cl)cc1.I. The van der Waals surface area contributed by atoms with Gasteiger partial charge in [0.05, 0.1) is 12.1 Å². The van der Waals surface area contributed by atoms with E-state index < -0.39 is 0 Å². The highest BCUT2D eigenvalue weighted by atomic mass is 127. The lowest BCUT2D eigenvalue weighted by molar-refractivity contribution is -0.0857. The third-order valence-corrected chi connectivity index (χ3v) is 4.74. The van der Waals surface area contributed by atoms with Crippen molar-refractivity contribution in [2.24, 2.45) is 4.99 Å². The lowest BCUT2D eigenvalue weighted by atomic mass is 9.94. The summed E-state index contributed by atoms with van der Waals surface area (Å²) in [6, 6.07) is 7.37. The summed E-state index contributed by atoms with van der Waals surface area (Å²) < 4.78 is 16.9. The number of ether oxygens (including phenoxy) is 3. The molecule has 0 aromatic heterocycles. The standard InChI is InChI=1S/C18H28ClN3O3.HI/c1-20-17(21-14-18(23-3)8-11-24-12-9-18)22(2)10-13-25-16-6-4-15(19)5-7-16;/h4-7H,8-14H2,1-3H3,(H,20,21);1H. The fourth-order valence-corrected chi connectivity index (χ4v) is 2.88. The summed E-state index contributed by atoms with van der Waals surface area (Å²) in [4.78, 5) is 6.39. The number of nitrogens with zero attached hydrogens (tertiary/aromatic N) is 2. The number of halogens is 2. The number of nitrogens with one attached hydrogen (secondary N) is 1. The highest BCUT2D eigenvalue weighted by Gasteiger charge is 2.32. The molecule has 0 atom stereocenters. The number of hydrogen-bond acceptors (Lipinski definition) is 4. The summed E-state index contributed by atoms with van der Waals surface area (Å²) in [5, 5.41) is 4.11. The lowest BCUT2D eigenvalue weighted by Crippen LogP contribution is -2.51. The Kier molecular flexibility index (Phi) is 10.6. The van der Waals surface area contributed by atoms with Crippen LogP contribution in [0.25, 0.3) is 0 Å². The van der Waals surface area contributed by atoms with Crippen molar-refractivity contribution >= 4 is 41.5 Å². The first-order valence-corrected chi connectivity index (χ1v) is 8.89. The van der Waals surface area contributed by atoms with Gasteiger partial charge in [0.2, 0.25) is 0 Å². The van der Waals surface area contributed by atoms with Gasteiger partial charge in [-0.05, 0) is 24.3 Å². The number of likely N-dealkylation sites (N-methyl/N-ethyl adjacent to an activating group) is 1. The first kappa shape index (κ1) is 23.3. The van der Waals surface area contributed by atoms with Crippen molar-refractivity contribution in [1.29, 1.82) is 0 Å². The molecule has 1 aromatic carbocycles. The van der Waals surface area contributed by atoms with Gasteiger partial charge in [0.15, 0.2) is 5.96 Å². The quantitative estimate of drug-likeness (QED) is 0.357. The Labute approximate surface area is 178 Å². The molecule has 0 spiro atoms. The van der Waals surface area contributed by atoms with Crippen LogP contribution >= 0.6 is 35.6 Å². The molecule has 1 heterocycles. The van der Waals surface area contributed by atoms with Gasteiger partial charge in [-0.3, -0.25) is 4.99 Å². The molecule has 0 saturated carbocycles. The highest BCUT2D eigenvalue weighted by molar-refractivity contribution is 14.0. The molecule has 0 unspecified atom stereocenters.